The topological polar surface area (TPSA) is 64.2 Å². The molecule has 0 aliphatic carbocycles. The Balaban J connectivity index is 1.69. The molecule has 1 unspecified atom stereocenters. The number of carbonyl (C=O) groups is 3. The quantitative estimate of drug-likeness (QED) is 0.575. The highest BCUT2D eigenvalue weighted by Gasteiger charge is 2.54. The van der Waals surface area contributed by atoms with Crippen molar-refractivity contribution in [3.63, 3.8) is 0 Å². The molecular weight excluding hydrogens is 440 g/mol. The van der Waals surface area contributed by atoms with Crippen LogP contribution in [-0.2, 0) is 19.8 Å². The molecule has 7 nitrogen and oxygen atoms in total. The molecule has 0 bridgehead atoms. The zero-order chi connectivity index (χ0) is 25.2. The lowest BCUT2D eigenvalue weighted by Crippen LogP contribution is -2.51. The van der Waals surface area contributed by atoms with Crippen molar-refractivity contribution in [2.75, 3.05) is 53.9 Å². The van der Waals surface area contributed by atoms with Crippen LogP contribution in [0.15, 0.2) is 54.6 Å². The largest absolute Gasteiger partial charge is 0.333 e. The molecule has 2 atom stereocenters. The van der Waals surface area contributed by atoms with Crippen LogP contribution in [0.25, 0.3) is 0 Å². The van der Waals surface area contributed by atoms with Gasteiger partial charge in [0.1, 0.15) is 0 Å². The average molecular weight is 477 g/mol. The molecule has 186 valence electrons. The Bertz CT molecular complexity index is 1090. The van der Waals surface area contributed by atoms with Crippen molar-refractivity contribution in [2.45, 2.75) is 31.2 Å². The highest BCUT2D eigenvalue weighted by Crippen LogP contribution is 2.42. The van der Waals surface area contributed by atoms with Crippen molar-refractivity contribution < 1.29 is 14.4 Å². The number of nitrogens with zero attached hydrogens (tertiary/aromatic N) is 4. The first kappa shape index (κ1) is 25.1. The third-order valence-corrected chi connectivity index (χ3v) is 7.38. The molecule has 0 saturated carbocycles. The Morgan fingerprint density at radius 3 is 2.40 bits per heavy atom. The van der Waals surface area contributed by atoms with Gasteiger partial charge in [0.25, 0.3) is 0 Å². The number of likely N-dealkylation sites (N-methyl/N-ethyl adjacent to an activating group) is 2. The number of likely N-dealkylation sites (tertiary alicyclic amines) is 1. The van der Waals surface area contributed by atoms with Crippen LogP contribution in [0, 0.1) is 6.92 Å². The minimum absolute atomic E-state index is 0.00601. The van der Waals surface area contributed by atoms with Gasteiger partial charge in [0.2, 0.25) is 17.7 Å². The van der Waals surface area contributed by atoms with E-state index in [4.69, 9.17) is 0 Å². The van der Waals surface area contributed by atoms with Gasteiger partial charge in [0.15, 0.2) is 0 Å². The number of hydrogen-bond acceptors (Lipinski definition) is 5. The van der Waals surface area contributed by atoms with Crippen molar-refractivity contribution in [2.24, 2.45) is 0 Å². The number of amides is 3. The van der Waals surface area contributed by atoms with Crippen LogP contribution in [0.2, 0.25) is 0 Å². The first-order valence-corrected chi connectivity index (χ1v) is 12.3. The maximum atomic E-state index is 14.0. The Hall–Kier alpha value is -3.03. The van der Waals surface area contributed by atoms with Gasteiger partial charge in [-0.3, -0.25) is 19.3 Å². The number of hydrogen-bond donors (Lipinski definition) is 0. The number of benzene rings is 2. The molecule has 2 saturated heterocycles. The van der Waals surface area contributed by atoms with Gasteiger partial charge < -0.3 is 14.7 Å². The predicted molar refractivity (Wildman–Crippen MR) is 136 cm³/mol. The van der Waals surface area contributed by atoms with Crippen LogP contribution in [0.4, 0.5) is 0 Å². The van der Waals surface area contributed by atoms with E-state index in [0.717, 1.165) is 29.8 Å². The van der Waals surface area contributed by atoms with Crippen molar-refractivity contribution in [1.29, 1.82) is 0 Å². The minimum Gasteiger partial charge on any atom is -0.333 e. The SMILES string of the molecule is Cc1ccccc1C1(CC(=O)N2CCN(C)C[C@@H]2c2ccccc2)CC(=O)N(CCN(C)C)C1=O. The normalized spacial score (nSPS) is 23.4. The van der Waals surface area contributed by atoms with Crippen LogP contribution in [0.3, 0.4) is 0 Å². The smallest absolute Gasteiger partial charge is 0.240 e. The lowest BCUT2D eigenvalue weighted by atomic mass is 9.73. The average Bonchev–Trinajstić information content (AvgIpc) is 3.07. The summed E-state index contributed by atoms with van der Waals surface area (Å²) >= 11 is 0. The second kappa shape index (κ2) is 10.3. The Morgan fingerprint density at radius 1 is 1.03 bits per heavy atom. The van der Waals surface area contributed by atoms with Gasteiger partial charge in [-0.1, -0.05) is 54.6 Å². The third-order valence-electron chi connectivity index (χ3n) is 7.38. The van der Waals surface area contributed by atoms with E-state index < -0.39 is 5.41 Å². The number of rotatable bonds is 7. The second-order valence-corrected chi connectivity index (χ2v) is 10.2. The molecule has 4 rings (SSSR count). The molecule has 2 heterocycles. The fourth-order valence-electron chi connectivity index (χ4n) is 5.42. The summed E-state index contributed by atoms with van der Waals surface area (Å²) in [5, 5.41) is 0. The van der Waals surface area contributed by atoms with E-state index in [-0.39, 0.29) is 36.6 Å². The third kappa shape index (κ3) is 5.02. The Labute approximate surface area is 208 Å². The molecule has 0 radical (unpaired) electrons. The van der Waals surface area contributed by atoms with Gasteiger partial charge in [-0.25, -0.2) is 0 Å². The highest BCUT2D eigenvalue weighted by molar-refractivity contribution is 6.11. The van der Waals surface area contributed by atoms with Crippen LogP contribution in [-0.4, -0.2) is 91.2 Å². The maximum absolute atomic E-state index is 14.0. The van der Waals surface area contributed by atoms with Gasteiger partial charge in [0.05, 0.1) is 11.5 Å². The van der Waals surface area contributed by atoms with E-state index in [0.29, 0.717) is 19.6 Å². The Morgan fingerprint density at radius 2 is 1.71 bits per heavy atom. The summed E-state index contributed by atoms with van der Waals surface area (Å²) in [4.78, 5) is 48.5. The maximum Gasteiger partial charge on any atom is 0.240 e. The summed E-state index contributed by atoms with van der Waals surface area (Å²) in [5.74, 6) is -0.533. The summed E-state index contributed by atoms with van der Waals surface area (Å²) in [6.07, 6.45) is 0.0214. The molecule has 2 fully saturated rings. The molecule has 0 N–H and O–H groups in total. The highest BCUT2D eigenvalue weighted by atomic mass is 16.2. The van der Waals surface area contributed by atoms with Crippen LogP contribution >= 0.6 is 0 Å². The van der Waals surface area contributed by atoms with E-state index in [2.05, 4.69) is 24.1 Å². The predicted octanol–water partition coefficient (Wildman–Crippen LogP) is 2.46. The van der Waals surface area contributed by atoms with E-state index in [1.165, 1.54) is 4.90 Å². The number of aryl methyl sites for hydroxylation is 1. The number of imide groups is 1. The van der Waals surface area contributed by atoms with Crippen LogP contribution in [0.1, 0.15) is 35.6 Å². The molecule has 35 heavy (non-hydrogen) atoms. The fraction of sp³-hybridized carbons (Fsp3) is 0.464. The van der Waals surface area contributed by atoms with E-state index >= 15 is 0 Å². The molecule has 3 amide bonds. The molecule has 2 aromatic rings. The zero-order valence-electron chi connectivity index (χ0n) is 21.2. The first-order valence-electron chi connectivity index (χ1n) is 12.3. The molecule has 0 aromatic heterocycles. The molecular formula is C28H36N4O3. The van der Waals surface area contributed by atoms with Gasteiger partial charge in [-0.15, -0.1) is 0 Å². The fourth-order valence-corrected chi connectivity index (χ4v) is 5.42. The van der Waals surface area contributed by atoms with E-state index in [1.807, 2.05) is 73.3 Å². The number of carbonyl (C=O) groups excluding carboxylic acids is 3. The van der Waals surface area contributed by atoms with Crippen molar-refractivity contribution in [3.8, 4) is 0 Å². The molecule has 2 aliphatic rings. The van der Waals surface area contributed by atoms with Gasteiger partial charge >= 0.3 is 0 Å². The van der Waals surface area contributed by atoms with Crippen LogP contribution in [0.5, 0.6) is 0 Å². The van der Waals surface area contributed by atoms with Gasteiger partial charge in [-0.05, 0) is 44.8 Å². The Kier molecular flexibility index (Phi) is 7.38. The van der Waals surface area contributed by atoms with E-state index in [9.17, 15) is 14.4 Å². The monoisotopic (exact) mass is 476 g/mol. The number of piperazine rings is 1. The van der Waals surface area contributed by atoms with Gasteiger partial charge in [0, 0.05) is 45.6 Å². The zero-order valence-corrected chi connectivity index (χ0v) is 21.2. The first-order chi connectivity index (χ1) is 16.7. The lowest BCUT2D eigenvalue weighted by Gasteiger charge is -2.42. The summed E-state index contributed by atoms with van der Waals surface area (Å²) in [6.45, 7) is 4.95. The summed E-state index contributed by atoms with van der Waals surface area (Å²) in [5.41, 5.74) is 1.62. The van der Waals surface area contributed by atoms with E-state index in [1.54, 1.807) is 0 Å². The van der Waals surface area contributed by atoms with Crippen LogP contribution < -0.4 is 0 Å². The molecule has 2 aromatic carbocycles. The summed E-state index contributed by atoms with van der Waals surface area (Å²) < 4.78 is 0. The van der Waals surface area contributed by atoms with Crippen molar-refractivity contribution in [1.82, 2.24) is 19.6 Å². The lowest BCUT2D eigenvalue weighted by molar-refractivity contribution is -0.144. The minimum atomic E-state index is -1.17. The summed E-state index contributed by atoms with van der Waals surface area (Å²) in [7, 11) is 5.90. The molecule has 7 heteroatoms. The van der Waals surface area contributed by atoms with Crippen molar-refractivity contribution in [3.05, 3.63) is 71.3 Å². The standard InChI is InChI=1S/C28H36N4O3/c1-21-10-8-9-13-23(21)28(19-26(34)32(27(28)35)16-14-29(2)3)18-25(33)31-17-15-30(4)20-24(31)22-11-6-5-7-12-22/h5-13,24H,14-20H2,1-4H3/t24-,28?/m1/s1. The summed E-state index contributed by atoms with van der Waals surface area (Å²) in [6, 6.07) is 17.6. The van der Waals surface area contributed by atoms with Crippen molar-refractivity contribution >= 4 is 17.7 Å². The molecule has 2 aliphatic heterocycles. The molecule has 0 spiro atoms. The van der Waals surface area contributed by atoms with Gasteiger partial charge in [-0.2, -0.15) is 0 Å². The second-order valence-electron chi connectivity index (χ2n) is 10.2.